The molecule has 0 bridgehead atoms. The number of fused-ring (bicyclic) bond motifs is 1. The van der Waals surface area contributed by atoms with Crippen LogP contribution in [0.2, 0.25) is 0 Å². The van der Waals surface area contributed by atoms with Gasteiger partial charge >= 0.3 is 5.97 Å². The molecule has 1 aromatic carbocycles. The zero-order valence-corrected chi connectivity index (χ0v) is 11.3. The summed E-state index contributed by atoms with van der Waals surface area (Å²) in [5.41, 5.74) is 1.99. The number of rotatable bonds is 5. The molecule has 5 heteroatoms. The summed E-state index contributed by atoms with van der Waals surface area (Å²) in [6, 6.07) is 7.88. The third-order valence-corrected chi connectivity index (χ3v) is 3.54. The number of imidazole rings is 1. The topological polar surface area (TPSA) is 53.4 Å². The lowest BCUT2D eigenvalue weighted by molar-refractivity contribution is -0.147. The number of para-hydroxylation sites is 2. The van der Waals surface area contributed by atoms with Crippen molar-refractivity contribution in [3.63, 3.8) is 0 Å². The summed E-state index contributed by atoms with van der Waals surface area (Å²) >= 11 is 0. The number of carbonyl (C=O) groups excluding carboxylic acids is 1. The predicted molar refractivity (Wildman–Crippen MR) is 74.3 cm³/mol. The summed E-state index contributed by atoms with van der Waals surface area (Å²) in [6.07, 6.45) is 4.25. The third-order valence-electron chi connectivity index (χ3n) is 3.54. The van der Waals surface area contributed by atoms with E-state index in [1.807, 2.05) is 28.8 Å². The van der Waals surface area contributed by atoms with Crippen LogP contribution in [0.5, 0.6) is 0 Å². The van der Waals surface area contributed by atoms with Crippen molar-refractivity contribution in [1.82, 2.24) is 9.55 Å². The highest BCUT2D eigenvalue weighted by atomic mass is 16.6. The van der Waals surface area contributed by atoms with E-state index in [9.17, 15) is 4.79 Å². The molecule has 2 heterocycles. The average Bonchev–Trinajstić information content (AvgIpc) is 3.12. The largest absolute Gasteiger partial charge is 0.463 e. The molecule has 0 spiro atoms. The molecule has 3 rings (SSSR count). The molecule has 1 atom stereocenters. The summed E-state index contributed by atoms with van der Waals surface area (Å²) in [7, 11) is 0. The maximum atomic E-state index is 11.7. The van der Waals surface area contributed by atoms with Crippen molar-refractivity contribution in [2.75, 3.05) is 13.2 Å². The molecule has 1 aliphatic rings. The van der Waals surface area contributed by atoms with E-state index in [1.165, 1.54) is 0 Å². The van der Waals surface area contributed by atoms with Crippen molar-refractivity contribution in [3.8, 4) is 0 Å². The minimum absolute atomic E-state index is 0.0908. The Hall–Kier alpha value is -1.88. The van der Waals surface area contributed by atoms with Crippen LogP contribution in [-0.4, -0.2) is 34.8 Å². The highest BCUT2D eigenvalue weighted by Gasteiger charge is 2.17. The van der Waals surface area contributed by atoms with Crippen molar-refractivity contribution >= 4 is 17.0 Å². The van der Waals surface area contributed by atoms with Gasteiger partial charge in [-0.2, -0.15) is 0 Å². The quantitative estimate of drug-likeness (QED) is 0.784. The zero-order chi connectivity index (χ0) is 13.8. The van der Waals surface area contributed by atoms with Crippen LogP contribution in [0.25, 0.3) is 11.0 Å². The van der Waals surface area contributed by atoms with Gasteiger partial charge in [0.05, 0.1) is 29.9 Å². The first-order valence-corrected chi connectivity index (χ1v) is 7.00. The SMILES string of the molecule is O=C(CCn1cnc2ccccc21)OCC1CCCO1. The van der Waals surface area contributed by atoms with Crippen LogP contribution in [0.3, 0.4) is 0 Å². The smallest absolute Gasteiger partial charge is 0.307 e. The number of esters is 1. The van der Waals surface area contributed by atoms with Gasteiger partial charge in [-0.15, -0.1) is 0 Å². The van der Waals surface area contributed by atoms with Gasteiger partial charge in [-0.25, -0.2) is 4.98 Å². The van der Waals surface area contributed by atoms with Crippen LogP contribution in [0.1, 0.15) is 19.3 Å². The number of aromatic nitrogens is 2. The van der Waals surface area contributed by atoms with Crippen LogP contribution in [0, 0.1) is 0 Å². The Bertz CT molecular complexity index is 588. The van der Waals surface area contributed by atoms with Crippen molar-refractivity contribution in [2.45, 2.75) is 31.9 Å². The van der Waals surface area contributed by atoms with E-state index in [-0.39, 0.29) is 12.1 Å². The van der Waals surface area contributed by atoms with E-state index in [0.29, 0.717) is 19.6 Å². The molecule has 0 saturated carbocycles. The molecule has 20 heavy (non-hydrogen) atoms. The molecular formula is C15H18N2O3. The molecule has 1 fully saturated rings. The Morgan fingerprint density at radius 3 is 3.20 bits per heavy atom. The minimum atomic E-state index is -0.182. The van der Waals surface area contributed by atoms with Crippen molar-refractivity contribution in [1.29, 1.82) is 0 Å². The Morgan fingerprint density at radius 2 is 2.35 bits per heavy atom. The number of benzene rings is 1. The number of hydrogen-bond acceptors (Lipinski definition) is 4. The number of ether oxygens (including phenoxy) is 2. The molecule has 106 valence electrons. The molecule has 1 aromatic heterocycles. The van der Waals surface area contributed by atoms with Crippen molar-refractivity contribution in [2.24, 2.45) is 0 Å². The molecule has 5 nitrogen and oxygen atoms in total. The maximum Gasteiger partial charge on any atom is 0.307 e. The van der Waals surface area contributed by atoms with Gasteiger partial charge in [0.25, 0.3) is 0 Å². The third kappa shape index (κ3) is 2.99. The fourth-order valence-electron chi connectivity index (χ4n) is 2.43. The minimum Gasteiger partial charge on any atom is -0.463 e. The normalized spacial score (nSPS) is 18.5. The monoisotopic (exact) mass is 274 g/mol. The number of carbonyl (C=O) groups is 1. The van der Waals surface area contributed by atoms with E-state index >= 15 is 0 Å². The van der Waals surface area contributed by atoms with E-state index in [0.717, 1.165) is 30.5 Å². The second kappa shape index (κ2) is 6.05. The summed E-state index contributed by atoms with van der Waals surface area (Å²) in [5.74, 6) is -0.182. The number of aryl methyl sites for hydroxylation is 1. The molecular weight excluding hydrogens is 256 g/mol. The lowest BCUT2D eigenvalue weighted by Crippen LogP contribution is -2.18. The molecule has 0 N–H and O–H groups in total. The van der Waals surface area contributed by atoms with Gasteiger partial charge in [0.15, 0.2) is 0 Å². The summed E-state index contributed by atoms with van der Waals surface area (Å²) in [4.78, 5) is 16.0. The van der Waals surface area contributed by atoms with Crippen LogP contribution in [-0.2, 0) is 20.8 Å². The van der Waals surface area contributed by atoms with Gasteiger partial charge in [0, 0.05) is 13.2 Å². The zero-order valence-electron chi connectivity index (χ0n) is 11.3. The first-order chi connectivity index (χ1) is 9.83. The van der Waals surface area contributed by atoms with Gasteiger partial charge in [0.1, 0.15) is 6.61 Å². The highest BCUT2D eigenvalue weighted by Crippen LogP contribution is 2.14. The van der Waals surface area contributed by atoms with Crippen molar-refractivity contribution < 1.29 is 14.3 Å². The first-order valence-electron chi connectivity index (χ1n) is 7.00. The summed E-state index contributed by atoms with van der Waals surface area (Å²) in [5, 5.41) is 0. The van der Waals surface area contributed by atoms with Gasteiger partial charge in [-0.3, -0.25) is 4.79 Å². The Kier molecular flexibility index (Phi) is 3.97. The first kappa shape index (κ1) is 13.1. The molecule has 1 saturated heterocycles. The van der Waals surface area contributed by atoms with Crippen molar-refractivity contribution in [3.05, 3.63) is 30.6 Å². The van der Waals surface area contributed by atoms with E-state index in [1.54, 1.807) is 6.33 Å². The predicted octanol–water partition coefficient (Wildman–Crippen LogP) is 2.15. The fourth-order valence-corrected chi connectivity index (χ4v) is 2.43. The standard InChI is InChI=1S/C15H18N2O3/c18-15(20-10-12-4-3-9-19-12)7-8-17-11-16-13-5-1-2-6-14(13)17/h1-2,5-6,11-12H,3-4,7-10H2. The van der Waals surface area contributed by atoms with Gasteiger partial charge in [-0.05, 0) is 25.0 Å². The molecule has 0 radical (unpaired) electrons. The van der Waals surface area contributed by atoms with Gasteiger partial charge in [0.2, 0.25) is 0 Å². The van der Waals surface area contributed by atoms with Crippen LogP contribution < -0.4 is 0 Å². The Balaban J connectivity index is 1.49. The van der Waals surface area contributed by atoms with Gasteiger partial charge in [-0.1, -0.05) is 12.1 Å². The maximum absolute atomic E-state index is 11.7. The Labute approximate surface area is 117 Å². The molecule has 1 unspecified atom stereocenters. The summed E-state index contributed by atoms with van der Waals surface area (Å²) in [6.45, 7) is 1.75. The fraction of sp³-hybridized carbons (Fsp3) is 0.467. The Morgan fingerprint density at radius 1 is 1.45 bits per heavy atom. The average molecular weight is 274 g/mol. The molecule has 0 aliphatic carbocycles. The van der Waals surface area contributed by atoms with E-state index in [4.69, 9.17) is 9.47 Å². The number of hydrogen-bond donors (Lipinski definition) is 0. The second-order valence-corrected chi connectivity index (χ2v) is 4.99. The number of nitrogens with zero attached hydrogens (tertiary/aromatic N) is 2. The lowest BCUT2D eigenvalue weighted by atomic mass is 10.2. The van der Waals surface area contributed by atoms with Crippen LogP contribution >= 0.6 is 0 Å². The van der Waals surface area contributed by atoms with Gasteiger partial charge < -0.3 is 14.0 Å². The molecule has 0 amide bonds. The highest BCUT2D eigenvalue weighted by molar-refractivity contribution is 5.75. The van der Waals surface area contributed by atoms with Crippen LogP contribution in [0.4, 0.5) is 0 Å². The lowest BCUT2D eigenvalue weighted by Gasteiger charge is -2.10. The van der Waals surface area contributed by atoms with E-state index in [2.05, 4.69) is 4.98 Å². The molecule has 1 aliphatic heterocycles. The van der Waals surface area contributed by atoms with E-state index < -0.39 is 0 Å². The van der Waals surface area contributed by atoms with Crippen LogP contribution in [0.15, 0.2) is 30.6 Å². The molecule has 2 aromatic rings. The summed E-state index contributed by atoms with van der Waals surface area (Å²) < 4.78 is 12.6. The second-order valence-electron chi connectivity index (χ2n) is 4.99.